The van der Waals surface area contributed by atoms with Crippen LogP contribution in [0.25, 0.3) is 0 Å². The molecule has 0 spiro atoms. The van der Waals surface area contributed by atoms with E-state index in [9.17, 15) is 0 Å². The Morgan fingerprint density at radius 1 is 1.70 bits per heavy atom. The third-order valence-electron chi connectivity index (χ3n) is 1.55. The zero-order chi connectivity index (χ0) is 7.72. The highest BCUT2D eigenvalue weighted by molar-refractivity contribution is 14.1. The molecule has 0 aliphatic carbocycles. The lowest BCUT2D eigenvalue weighted by molar-refractivity contribution is 0.717. The molecule has 0 fully saturated rings. The molecule has 0 radical (unpaired) electrons. The van der Waals surface area contributed by atoms with Gasteiger partial charge in [0.2, 0.25) is 0 Å². The molecule has 3 heteroatoms. The first-order valence-electron chi connectivity index (χ1n) is 3.25. The molecule has 1 rings (SSSR count). The van der Waals surface area contributed by atoms with Crippen molar-refractivity contribution < 1.29 is 0 Å². The molecule has 1 unspecified atom stereocenters. The highest BCUT2D eigenvalue weighted by atomic mass is 127. The van der Waals surface area contributed by atoms with E-state index in [0.29, 0.717) is 3.92 Å². The molecule has 1 aromatic heterocycles. The third-order valence-corrected chi connectivity index (χ3v) is 2.14. The van der Waals surface area contributed by atoms with Crippen LogP contribution in [0.3, 0.4) is 0 Å². The van der Waals surface area contributed by atoms with Gasteiger partial charge in [-0.15, -0.1) is 0 Å². The zero-order valence-corrected chi connectivity index (χ0v) is 8.58. The van der Waals surface area contributed by atoms with Gasteiger partial charge in [0, 0.05) is 7.05 Å². The quantitative estimate of drug-likeness (QED) is 0.552. The molecule has 0 saturated carbocycles. The van der Waals surface area contributed by atoms with Crippen molar-refractivity contribution in [1.82, 2.24) is 9.78 Å². The van der Waals surface area contributed by atoms with Crippen LogP contribution in [-0.4, -0.2) is 9.78 Å². The van der Waals surface area contributed by atoms with Gasteiger partial charge < -0.3 is 0 Å². The van der Waals surface area contributed by atoms with Gasteiger partial charge >= 0.3 is 0 Å². The maximum absolute atomic E-state index is 4.15. The fourth-order valence-corrected chi connectivity index (χ4v) is 2.02. The summed E-state index contributed by atoms with van der Waals surface area (Å²) in [6, 6.07) is 0. The van der Waals surface area contributed by atoms with Crippen LogP contribution in [0.2, 0.25) is 0 Å². The van der Waals surface area contributed by atoms with Gasteiger partial charge in [-0.05, 0) is 19.4 Å². The molecule has 0 aliphatic heterocycles. The summed E-state index contributed by atoms with van der Waals surface area (Å²) in [5.41, 5.74) is 2.60. The van der Waals surface area contributed by atoms with Crippen molar-refractivity contribution in [3.63, 3.8) is 0 Å². The van der Waals surface area contributed by atoms with E-state index in [-0.39, 0.29) is 0 Å². The lowest BCUT2D eigenvalue weighted by Crippen LogP contribution is -1.98. The fourth-order valence-electron chi connectivity index (χ4n) is 1.13. The SMILES string of the molecule is Cc1cnn(C)c1C(C)I. The summed E-state index contributed by atoms with van der Waals surface area (Å²) in [5, 5.41) is 4.15. The lowest BCUT2D eigenvalue weighted by atomic mass is 10.2. The topological polar surface area (TPSA) is 17.8 Å². The molecule has 0 aliphatic rings. The van der Waals surface area contributed by atoms with Crippen molar-refractivity contribution in [2.75, 3.05) is 0 Å². The van der Waals surface area contributed by atoms with E-state index in [0.717, 1.165) is 0 Å². The average molecular weight is 250 g/mol. The second-order valence-electron chi connectivity index (χ2n) is 2.45. The van der Waals surface area contributed by atoms with Crippen molar-refractivity contribution in [2.45, 2.75) is 17.8 Å². The standard InChI is InChI=1S/C7H11IN2/c1-5-4-9-10(3)7(5)6(2)8/h4,6H,1-3H3. The normalized spacial score (nSPS) is 13.6. The van der Waals surface area contributed by atoms with Crippen LogP contribution >= 0.6 is 22.6 Å². The predicted octanol–water partition coefficient (Wildman–Crippen LogP) is 2.22. The number of hydrogen-bond donors (Lipinski definition) is 0. The van der Waals surface area contributed by atoms with Crippen LogP contribution in [-0.2, 0) is 7.05 Å². The predicted molar refractivity (Wildman–Crippen MR) is 50.4 cm³/mol. The molecule has 0 aromatic carbocycles. The van der Waals surface area contributed by atoms with E-state index in [1.54, 1.807) is 0 Å². The van der Waals surface area contributed by atoms with Crippen LogP contribution in [0, 0.1) is 6.92 Å². The van der Waals surface area contributed by atoms with Gasteiger partial charge in [-0.25, -0.2) is 0 Å². The van der Waals surface area contributed by atoms with E-state index in [1.807, 2.05) is 17.9 Å². The Labute approximate surface area is 74.8 Å². The summed E-state index contributed by atoms with van der Waals surface area (Å²) in [7, 11) is 1.98. The van der Waals surface area contributed by atoms with Crippen LogP contribution in [0.1, 0.15) is 22.1 Å². The number of aryl methyl sites for hydroxylation is 2. The molecule has 1 aromatic rings. The maximum atomic E-state index is 4.15. The minimum atomic E-state index is 0.546. The summed E-state index contributed by atoms with van der Waals surface area (Å²) in [6.07, 6.45) is 1.91. The highest BCUT2D eigenvalue weighted by Gasteiger charge is 2.08. The van der Waals surface area contributed by atoms with Gasteiger partial charge in [-0.1, -0.05) is 22.6 Å². The molecule has 2 nitrogen and oxygen atoms in total. The van der Waals surface area contributed by atoms with Crippen LogP contribution in [0.4, 0.5) is 0 Å². The smallest absolute Gasteiger partial charge is 0.0535 e. The van der Waals surface area contributed by atoms with Gasteiger partial charge in [0.05, 0.1) is 15.8 Å². The molecule has 1 atom stereocenters. The van der Waals surface area contributed by atoms with Crippen LogP contribution in [0.5, 0.6) is 0 Å². The monoisotopic (exact) mass is 250 g/mol. The van der Waals surface area contributed by atoms with Gasteiger partial charge in [0.15, 0.2) is 0 Å². The molecule has 56 valence electrons. The minimum absolute atomic E-state index is 0.546. The van der Waals surface area contributed by atoms with Crippen molar-refractivity contribution in [3.05, 3.63) is 17.5 Å². The second-order valence-corrected chi connectivity index (χ2v) is 4.32. The van der Waals surface area contributed by atoms with Gasteiger partial charge in [-0.3, -0.25) is 4.68 Å². The Morgan fingerprint density at radius 3 is 2.50 bits per heavy atom. The first-order valence-corrected chi connectivity index (χ1v) is 4.50. The maximum Gasteiger partial charge on any atom is 0.0535 e. The molecular formula is C7H11IN2. The summed E-state index contributed by atoms with van der Waals surface area (Å²) < 4.78 is 2.48. The van der Waals surface area contributed by atoms with Crippen molar-refractivity contribution in [1.29, 1.82) is 0 Å². The number of halogens is 1. The Morgan fingerprint density at radius 2 is 2.30 bits per heavy atom. The second kappa shape index (κ2) is 2.90. The van der Waals surface area contributed by atoms with E-state index >= 15 is 0 Å². The molecule has 0 N–H and O–H groups in total. The van der Waals surface area contributed by atoms with Gasteiger partial charge in [0.1, 0.15) is 0 Å². The summed E-state index contributed by atoms with van der Waals surface area (Å²) in [5.74, 6) is 0. The van der Waals surface area contributed by atoms with Gasteiger partial charge in [0.25, 0.3) is 0 Å². The lowest BCUT2D eigenvalue weighted by Gasteiger charge is -2.04. The summed E-state index contributed by atoms with van der Waals surface area (Å²) >= 11 is 2.40. The van der Waals surface area contributed by atoms with Crippen molar-refractivity contribution in [2.24, 2.45) is 7.05 Å². The van der Waals surface area contributed by atoms with Crippen LogP contribution in [0.15, 0.2) is 6.20 Å². The molecule has 1 heterocycles. The summed E-state index contributed by atoms with van der Waals surface area (Å²) in [6.45, 7) is 4.27. The fraction of sp³-hybridized carbons (Fsp3) is 0.571. The van der Waals surface area contributed by atoms with E-state index in [1.165, 1.54) is 11.3 Å². The average Bonchev–Trinajstić information content (AvgIpc) is 2.11. The number of alkyl halides is 1. The van der Waals surface area contributed by atoms with E-state index < -0.39 is 0 Å². The Hall–Kier alpha value is -0.0600. The number of nitrogens with zero attached hydrogens (tertiary/aromatic N) is 2. The first kappa shape index (κ1) is 8.04. The third kappa shape index (κ3) is 1.33. The number of hydrogen-bond acceptors (Lipinski definition) is 1. The highest BCUT2D eigenvalue weighted by Crippen LogP contribution is 2.23. The molecule has 0 amide bonds. The Balaban J connectivity index is 3.10. The largest absolute Gasteiger partial charge is 0.271 e. The Kier molecular flexibility index (Phi) is 2.33. The molecule has 0 bridgehead atoms. The molecule has 10 heavy (non-hydrogen) atoms. The molecular weight excluding hydrogens is 239 g/mol. The Bertz CT molecular complexity index is 208. The van der Waals surface area contributed by atoms with Crippen LogP contribution < -0.4 is 0 Å². The van der Waals surface area contributed by atoms with Crippen molar-refractivity contribution >= 4 is 22.6 Å². The molecule has 0 saturated heterocycles. The number of rotatable bonds is 1. The zero-order valence-electron chi connectivity index (χ0n) is 6.43. The van der Waals surface area contributed by atoms with Gasteiger partial charge in [-0.2, -0.15) is 5.10 Å². The number of aromatic nitrogens is 2. The minimum Gasteiger partial charge on any atom is -0.271 e. The summed E-state index contributed by atoms with van der Waals surface area (Å²) in [4.78, 5) is 0. The van der Waals surface area contributed by atoms with E-state index in [2.05, 4.69) is 41.5 Å². The first-order chi connectivity index (χ1) is 4.63. The van der Waals surface area contributed by atoms with E-state index in [4.69, 9.17) is 0 Å². The van der Waals surface area contributed by atoms with Crippen molar-refractivity contribution in [3.8, 4) is 0 Å².